The van der Waals surface area contributed by atoms with E-state index in [0.29, 0.717) is 0 Å². The first-order valence-electron chi connectivity index (χ1n) is 9.76. The second kappa shape index (κ2) is 13.5. The Morgan fingerprint density at radius 3 is 1.87 bits per heavy atom. The molecule has 0 aliphatic heterocycles. The first-order chi connectivity index (χ1) is 14.3. The topological polar surface area (TPSA) is 234 Å². The summed E-state index contributed by atoms with van der Waals surface area (Å²) in [6.45, 7) is 3.89. The normalized spacial score (nSPS) is 15.8. The molecule has 0 bridgehead atoms. The standard InChI is InChI=1S/C18H33N5O8/c1-8(2)6-11(21-15(27)10(19)4-5-13(20)26)16(28)23-14(9(3)25)17(29)22-12(7-24)18(30)31/h8-12,14,24-25H,4-7,19H2,1-3H3,(H2,20,26)(H,21,27)(H,22,29)(H,23,28)(H,30,31). The van der Waals surface area contributed by atoms with Gasteiger partial charge < -0.3 is 42.7 Å². The molecule has 0 rings (SSSR count). The van der Waals surface area contributed by atoms with Crippen LogP contribution < -0.4 is 27.4 Å². The Morgan fingerprint density at radius 2 is 1.45 bits per heavy atom. The molecule has 0 saturated heterocycles. The van der Waals surface area contributed by atoms with Gasteiger partial charge >= 0.3 is 5.97 Å². The molecule has 0 radical (unpaired) electrons. The van der Waals surface area contributed by atoms with Crippen molar-refractivity contribution in [2.75, 3.05) is 6.61 Å². The van der Waals surface area contributed by atoms with Crippen LogP contribution in [0, 0.1) is 5.92 Å². The van der Waals surface area contributed by atoms with Crippen molar-refractivity contribution in [1.29, 1.82) is 0 Å². The number of amides is 4. The van der Waals surface area contributed by atoms with E-state index in [9.17, 15) is 29.1 Å². The van der Waals surface area contributed by atoms with Crippen molar-refractivity contribution < 1.29 is 39.3 Å². The van der Waals surface area contributed by atoms with Crippen LogP contribution in [0.25, 0.3) is 0 Å². The Kier molecular flexibility index (Phi) is 12.3. The number of carbonyl (C=O) groups is 5. The highest BCUT2D eigenvalue weighted by atomic mass is 16.4. The van der Waals surface area contributed by atoms with Crippen molar-refractivity contribution >= 4 is 29.6 Å². The van der Waals surface area contributed by atoms with Crippen molar-refractivity contribution in [1.82, 2.24) is 16.0 Å². The number of carbonyl (C=O) groups excluding carboxylic acids is 4. The predicted octanol–water partition coefficient (Wildman–Crippen LogP) is -3.46. The van der Waals surface area contributed by atoms with Gasteiger partial charge in [0.1, 0.15) is 18.1 Å². The van der Waals surface area contributed by atoms with Gasteiger partial charge in [-0.2, -0.15) is 0 Å². The molecular formula is C18H33N5O8. The van der Waals surface area contributed by atoms with Crippen LogP contribution >= 0.6 is 0 Å². The Labute approximate surface area is 179 Å². The average Bonchev–Trinajstić information content (AvgIpc) is 2.66. The quantitative estimate of drug-likeness (QED) is 0.132. The average molecular weight is 447 g/mol. The van der Waals surface area contributed by atoms with Crippen LogP contribution in [-0.4, -0.2) is 81.8 Å². The molecule has 0 heterocycles. The largest absolute Gasteiger partial charge is 0.480 e. The summed E-state index contributed by atoms with van der Waals surface area (Å²) in [4.78, 5) is 59.1. The van der Waals surface area contributed by atoms with Crippen LogP contribution in [0.5, 0.6) is 0 Å². The lowest BCUT2D eigenvalue weighted by atomic mass is 10.0. The lowest BCUT2D eigenvalue weighted by Gasteiger charge is -2.27. The van der Waals surface area contributed by atoms with Gasteiger partial charge in [-0.25, -0.2) is 4.79 Å². The smallest absolute Gasteiger partial charge is 0.328 e. The lowest BCUT2D eigenvalue weighted by molar-refractivity contribution is -0.144. The Balaban J connectivity index is 5.31. The van der Waals surface area contributed by atoms with Gasteiger partial charge in [0.25, 0.3) is 0 Å². The summed E-state index contributed by atoms with van der Waals surface area (Å²) >= 11 is 0. The number of nitrogens with two attached hydrogens (primary N) is 2. The summed E-state index contributed by atoms with van der Waals surface area (Å²) in [6, 6.07) is -5.38. The minimum Gasteiger partial charge on any atom is -0.480 e. The van der Waals surface area contributed by atoms with Crippen molar-refractivity contribution in [3.8, 4) is 0 Å². The number of hydrogen-bond acceptors (Lipinski definition) is 8. The van der Waals surface area contributed by atoms with E-state index in [1.807, 2.05) is 5.32 Å². The molecule has 0 aliphatic carbocycles. The van der Waals surface area contributed by atoms with Gasteiger partial charge in [0.05, 0.1) is 18.8 Å². The molecule has 0 aromatic carbocycles. The van der Waals surface area contributed by atoms with Crippen molar-refractivity contribution in [3.05, 3.63) is 0 Å². The van der Waals surface area contributed by atoms with Crippen LogP contribution in [0.15, 0.2) is 0 Å². The minimum atomic E-state index is -1.62. The second-order valence-electron chi connectivity index (χ2n) is 7.61. The number of aliphatic hydroxyl groups is 2. The van der Waals surface area contributed by atoms with Gasteiger partial charge in [0.15, 0.2) is 0 Å². The third-order valence-corrected chi connectivity index (χ3v) is 4.24. The molecule has 5 atom stereocenters. The molecular weight excluding hydrogens is 414 g/mol. The lowest BCUT2D eigenvalue weighted by Crippen LogP contribution is -2.60. The maximum atomic E-state index is 12.7. The van der Waals surface area contributed by atoms with E-state index in [2.05, 4.69) is 10.6 Å². The van der Waals surface area contributed by atoms with Gasteiger partial charge in [-0.1, -0.05) is 13.8 Å². The zero-order valence-electron chi connectivity index (χ0n) is 17.8. The fraction of sp³-hybridized carbons (Fsp3) is 0.722. The van der Waals surface area contributed by atoms with E-state index in [4.69, 9.17) is 21.7 Å². The van der Waals surface area contributed by atoms with E-state index in [1.54, 1.807) is 13.8 Å². The highest BCUT2D eigenvalue weighted by Gasteiger charge is 2.32. The number of hydrogen-bond donors (Lipinski definition) is 8. The van der Waals surface area contributed by atoms with Gasteiger partial charge in [-0.3, -0.25) is 19.2 Å². The number of carboxylic acids is 1. The molecule has 13 nitrogen and oxygen atoms in total. The van der Waals surface area contributed by atoms with E-state index in [-0.39, 0.29) is 25.2 Å². The van der Waals surface area contributed by atoms with E-state index < -0.39 is 66.5 Å². The SMILES string of the molecule is CC(C)CC(NC(=O)C(N)CCC(N)=O)C(=O)NC(C(=O)NC(CO)C(=O)O)C(C)O. The van der Waals surface area contributed by atoms with Crippen LogP contribution in [0.3, 0.4) is 0 Å². The van der Waals surface area contributed by atoms with Gasteiger partial charge in [-0.05, 0) is 25.7 Å². The number of aliphatic carboxylic acids is 1. The Bertz CT molecular complexity index is 655. The fourth-order valence-electron chi connectivity index (χ4n) is 2.52. The highest BCUT2D eigenvalue weighted by Crippen LogP contribution is 2.07. The molecule has 10 N–H and O–H groups in total. The van der Waals surface area contributed by atoms with Crippen LogP contribution in [0.4, 0.5) is 0 Å². The van der Waals surface area contributed by atoms with Crippen LogP contribution in [0.1, 0.15) is 40.0 Å². The monoisotopic (exact) mass is 447 g/mol. The molecule has 0 fully saturated rings. The fourth-order valence-corrected chi connectivity index (χ4v) is 2.52. The van der Waals surface area contributed by atoms with Gasteiger partial charge in [0.2, 0.25) is 23.6 Å². The summed E-state index contributed by atoms with van der Waals surface area (Å²) in [5.41, 5.74) is 10.7. The molecule has 0 aromatic rings. The van der Waals surface area contributed by atoms with E-state index in [0.717, 1.165) is 0 Å². The summed E-state index contributed by atoms with van der Waals surface area (Å²) in [5.74, 6) is -4.72. The molecule has 5 unspecified atom stereocenters. The molecule has 0 aromatic heterocycles. The van der Waals surface area contributed by atoms with Crippen molar-refractivity contribution in [2.45, 2.75) is 70.3 Å². The van der Waals surface area contributed by atoms with Gasteiger partial charge in [-0.15, -0.1) is 0 Å². The molecule has 0 aliphatic rings. The summed E-state index contributed by atoms with van der Waals surface area (Å²) in [7, 11) is 0. The number of aliphatic hydroxyl groups excluding tert-OH is 2. The third kappa shape index (κ3) is 10.7. The maximum Gasteiger partial charge on any atom is 0.328 e. The first-order valence-corrected chi connectivity index (χ1v) is 9.76. The van der Waals surface area contributed by atoms with Gasteiger partial charge in [0, 0.05) is 6.42 Å². The van der Waals surface area contributed by atoms with Crippen molar-refractivity contribution in [3.63, 3.8) is 0 Å². The molecule has 13 heteroatoms. The summed E-state index contributed by atoms with van der Waals surface area (Å²) in [6.07, 6.45) is -1.38. The molecule has 31 heavy (non-hydrogen) atoms. The Morgan fingerprint density at radius 1 is 0.903 bits per heavy atom. The number of primary amides is 1. The zero-order valence-corrected chi connectivity index (χ0v) is 17.8. The summed E-state index contributed by atoms with van der Waals surface area (Å²) < 4.78 is 0. The summed E-state index contributed by atoms with van der Waals surface area (Å²) in [5, 5.41) is 34.6. The Hall–Kier alpha value is -2.77. The van der Waals surface area contributed by atoms with E-state index >= 15 is 0 Å². The van der Waals surface area contributed by atoms with Crippen LogP contribution in [-0.2, 0) is 24.0 Å². The molecule has 0 spiro atoms. The van der Waals surface area contributed by atoms with E-state index in [1.165, 1.54) is 6.92 Å². The third-order valence-electron chi connectivity index (χ3n) is 4.24. The maximum absolute atomic E-state index is 12.7. The number of nitrogens with one attached hydrogen (secondary N) is 3. The van der Waals surface area contributed by atoms with Crippen LogP contribution in [0.2, 0.25) is 0 Å². The molecule has 0 saturated carbocycles. The predicted molar refractivity (Wildman–Crippen MR) is 108 cm³/mol. The number of rotatable bonds is 14. The molecule has 4 amide bonds. The molecule has 178 valence electrons. The number of carboxylic acid groups (broad SMARTS) is 1. The van der Waals surface area contributed by atoms with Crippen molar-refractivity contribution in [2.24, 2.45) is 17.4 Å². The first kappa shape index (κ1) is 28.2. The second-order valence-corrected chi connectivity index (χ2v) is 7.61. The minimum absolute atomic E-state index is 0.0202. The zero-order chi connectivity index (χ0) is 24.3. The highest BCUT2D eigenvalue weighted by molar-refractivity contribution is 5.94.